The van der Waals surface area contributed by atoms with Crippen molar-refractivity contribution in [2.75, 3.05) is 5.32 Å². The molecule has 0 bridgehead atoms. The van der Waals surface area contributed by atoms with Crippen molar-refractivity contribution < 1.29 is 9.59 Å². The number of nitrogens with one attached hydrogen (secondary N) is 3. The lowest BCUT2D eigenvalue weighted by Gasteiger charge is -2.22. The summed E-state index contributed by atoms with van der Waals surface area (Å²) in [6, 6.07) is 4.51. The molecule has 0 spiro atoms. The number of benzene rings is 1. The molecule has 0 radical (unpaired) electrons. The molecule has 1 heterocycles. The summed E-state index contributed by atoms with van der Waals surface area (Å²) < 4.78 is 0. The number of imidazole rings is 1. The lowest BCUT2D eigenvalue weighted by Crippen LogP contribution is -2.41. The molecule has 0 saturated carbocycles. The number of hydrogen-bond donors (Lipinski definition) is 4. The summed E-state index contributed by atoms with van der Waals surface area (Å²) >= 11 is 0. The molecule has 9 heteroatoms. The topological polar surface area (TPSA) is 113 Å². The second-order valence-electron chi connectivity index (χ2n) is 7.06. The van der Waals surface area contributed by atoms with Crippen LogP contribution in [0.1, 0.15) is 42.4 Å². The van der Waals surface area contributed by atoms with Gasteiger partial charge in [-0.05, 0) is 45.4 Å². The van der Waals surface area contributed by atoms with Crippen LogP contribution in [-0.4, -0.2) is 33.4 Å². The third kappa shape index (κ3) is 7.21. The molecule has 5 N–H and O–H groups in total. The number of aromatic nitrogens is 2. The highest BCUT2D eigenvalue weighted by Gasteiger charge is 2.20. The number of carbonyl (C=O) groups is 2. The summed E-state index contributed by atoms with van der Waals surface area (Å²) in [4.78, 5) is 31.6. The molecule has 1 atom stereocenters. The van der Waals surface area contributed by atoms with E-state index in [1.807, 2.05) is 20.8 Å². The Balaban J connectivity index is 0.00000338. The maximum Gasteiger partial charge on any atom is 0.252 e. The van der Waals surface area contributed by atoms with Gasteiger partial charge in [0.1, 0.15) is 0 Å². The minimum atomic E-state index is -0.716. The molecule has 1 aromatic heterocycles. The fourth-order valence-corrected chi connectivity index (χ4v) is 2.38. The number of nitrogens with two attached hydrogens (primary N) is 1. The number of aromatic amines is 1. The number of hydrogen-bond acceptors (Lipinski definition) is 4. The molecule has 0 fully saturated rings. The van der Waals surface area contributed by atoms with E-state index in [9.17, 15) is 9.59 Å². The number of nitrogens with zero attached hydrogens (tertiary/aromatic N) is 1. The van der Waals surface area contributed by atoms with Crippen molar-refractivity contribution in [1.29, 1.82) is 0 Å². The van der Waals surface area contributed by atoms with Gasteiger partial charge in [0.25, 0.3) is 5.91 Å². The number of rotatable bonds is 5. The van der Waals surface area contributed by atoms with Crippen LogP contribution in [0.25, 0.3) is 0 Å². The summed E-state index contributed by atoms with van der Waals surface area (Å²) in [6.07, 6.45) is 3.53. The van der Waals surface area contributed by atoms with Crippen LogP contribution in [0.4, 0.5) is 5.69 Å². The summed E-state index contributed by atoms with van der Waals surface area (Å²) in [7, 11) is 0. The second-order valence-corrected chi connectivity index (χ2v) is 7.06. The Morgan fingerprint density at radius 1 is 1.26 bits per heavy atom. The highest BCUT2D eigenvalue weighted by atomic mass is 35.5. The summed E-state index contributed by atoms with van der Waals surface area (Å²) in [5.41, 5.74) is 8.20. The van der Waals surface area contributed by atoms with Crippen LogP contribution in [0.3, 0.4) is 0 Å². The Bertz CT molecular complexity index is 758. The first-order valence-corrected chi connectivity index (χ1v) is 8.13. The van der Waals surface area contributed by atoms with Gasteiger partial charge in [-0.3, -0.25) is 9.59 Å². The fraction of sp³-hybridized carbons (Fsp3) is 0.389. The SMILES string of the molecule is Cc1c(NC(=O)[C@@H](N)Cc2cnc[nH]2)cccc1C(=O)NC(C)(C)C.Cl.Cl. The zero-order valence-electron chi connectivity index (χ0n) is 15.8. The Morgan fingerprint density at radius 2 is 1.93 bits per heavy atom. The molecule has 2 aromatic rings. The average Bonchev–Trinajstić information content (AvgIpc) is 3.00. The minimum absolute atomic E-state index is 0. The zero-order chi connectivity index (χ0) is 18.6. The van der Waals surface area contributed by atoms with Crippen LogP contribution in [0.15, 0.2) is 30.7 Å². The van der Waals surface area contributed by atoms with Gasteiger partial charge in [0.2, 0.25) is 5.91 Å². The Hall–Kier alpha value is -2.09. The molecular formula is C18H27Cl2N5O2. The van der Waals surface area contributed by atoms with E-state index >= 15 is 0 Å². The van der Waals surface area contributed by atoms with Gasteiger partial charge in [0, 0.05) is 35.1 Å². The van der Waals surface area contributed by atoms with Crippen molar-refractivity contribution in [3.63, 3.8) is 0 Å². The lowest BCUT2D eigenvalue weighted by atomic mass is 10.0. The highest BCUT2D eigenvalue weighted by molar-refractivity contribution is 6.00. The third-order valence-electron chi connectivity index (χ3n) is 3.66. The van der Waals surface area contributed by atoms with Crippen molar-refractivity contribution in [3.8, 4) is 0 Å². The van der Waals surface area contributed by atoms with E-state index in [0.717, 1.165) is 5.69 Å². The van der Waals surface area contributed by atoms with Gasteiger partial charge in [-0.25, -0.2) is 4.98 Å². The predicted molar refractivity (Wildman–Crippen MR) is 112 cm³/mol. The molecule has 0 aliphatic rings. The molecule has 7 nitrogen and oxygen atoms in total. The number of H-pyrrole nitrogens is 1. The van der Waals surface area contributed by atoms with Crippen molar-refractivity contribution in [1.82, 2.24) is 15.3 Å². The fourth-order valence-electron chi connectivity index (χ4n) is 2.38. The quantitative estimate of drug-likeness (QED) is 0.600. The largest absolute Gasteiger partial charge is 0.348 e. The Morgan fingerprint density at radius 3 is 2.48 bits per heavy atom. The molecule has 2 rings (SSSR count). The van der Waals surface area contributed by atoms with Gasteiger partial charge in [0.05, 0.1) is 12.4 Å². The maximum absolute atomic E-state index is 12.4. The molecule has 0 aliphatic heterocycles. The highest BCUT2D eigenvalue weighted by Crippen LogP contribution is 2.20. The summed E-state index contributed by atoms with van der Waals surface area (Å²) in [5.74, 6) is -0.492. The van der Waals surface area contributed by atoms with Gasteiger partial charge in [-0.2, -0.15) is 0 Å². The van der Waals surface area contributed by atoms with E-state index in [2.05, 4.69) is 20.6 Å². The molecule has 0 unspecified atom stereocenters. The smallest absolute Gasteiger partial charge is 0.252 e. The molecule has 1 aromatic carbocycles. The monoisotopic (exact) mass is 415 g/mol. The second kappa shape index (κ2) is 10.3. The van der Waals surface area contributed by atoms with Gasteiger partial charge in [-0.1, -0.05) is 6.07 Å². The Kier molecular flexibility index (Phi) is 9.50. The number of anilines is 1. The van der Waals surface area contributed by atoms with E-state index < -0.39 is 6.04 Å². The van der Waals surface area contributed by atoms with Crippen molar-refractivity contribution in [2.45, 2.75) is 45.7 Å². The molecule has 150 valence electrons. The first-order chi connectivity index (χ1) is 11.7. The van der Waals surface area contributed by atoms with Crippen molar-refractivity contribution in [2.24, 2.45) is 5.73 Å². The van der Waals surface area contributed by atoms with Crippen LogP contribution in [-0.2, 0) is 11.2 Å². The zero-order valence-corrected chi connectivity index (χ0v) is 17.5. The number of halogens is 2. The summed E-state index contributed by atoms with van der Waals surface area (Å²) in [5, 5.41) is 5.72. The third-order valence-corrected chi connectivity index (χ3v) is 3.66. The molecule has 2 amide bonds. The molecule has 0 saturated heterocycles. The van der Waals surface area contributed by atoms with Crippen LogP contribution in [0, 0.1) is 6.92 Å². The minimum Gasteiger partial charge on any atom is -0.348 e. The van der Waals surface area contributed by atoms with Gasteiger partial charge in [0.15, 0.2) is 0 Å². The lowest BCUT2D eigenvalue weighted by molar-refractivity contribution is -0.117. The van der Waals surface area contributed by atoms with Crippen LogP contribution in [0.2, 0.25) is 0 Å². The number of amides is 2. The molecule has 0 aliphatic carbocycles. The van der Waals surface area contributed by atoms with E-state index in [0.29, 0.717) is 23.2 Å². The predicted octanol–water partition coefficient (Wildman–Crippen LogP) is 2.60. The standard InChI is InChI=1S/C18H25N5O2.2ClH/c1-11-13(16(24)23-18(2,3)4)6-5-7-15(11)22-17(25)14(19)8-12-9-20-10-21-12;;/h5-7,9-10,14H,8,19H2,1-4H3,(H,20,21)(H,22,25)(H,23,24);2*1H/t14-;;/m0../s1. The van der Waals surface area contributed by atoms with E-state index in [1.165, 1.54) is 0 Å². The number of carbonyl (C=O) groups excluding carboxylic acids is 2. The average molecular weight is 416 g/mol. The first kappa shape index (κ1) is 24.9. The maximum atomic E-state index is 12.4. The normalized spacial score (nSPS) is 11.6. The van der Waals surface area contributed by atoms with Gasteiger partial charge in [-0.15, -0.1) is 24.8 Å². The van der Waals surface area contributed by atoms with Crippen molar-refractivity contribution >= 4 is 42.3 Å². The van der Waals surface area contributed by atoms with Gasteiger partial charge < -0.3 is 21.4 Å². The molecule has 27 heavy (non-hydrogen) atoms. The van der Waals surface area contributed by atoms with Gasteiger partial charge >= 0.3 is 0 Å². The van der Waals surface area contributed by atoms with Crippen LogP contribution in [0.5, 0.6) is 0 Å². The van der Waals surface area contributed by atoms with E-state index in [4.69, 9.17) is 5.73 Å². The summed E-state index contributed by atoms with van der Waals surface area (Å²) in [6.45, 7) is 7.55. The van der Waals surface area contributed by atoms with Crippen LogP contribution >= 0.6 is 24.8 Å². The first-order valence-electron chi connectivity index (χ1n) is 8.13. The van der Waals surface area contributed by atoms with Crippen LogP contribution < -0.4 is 16.4 Å². The van der Waals surface area contributed by atoms with E-state index in [1.54, 1.807) is 37.6 Å². The van der Waals surface area contributed by atoms with E-state index in [-0.39, 0.29) is 42.2 Å². The molecular weight excluding hydrogens is 389 g/mol. The Labute approximate surface area is 171 Å². The van der Waals surface area contributed by atoms with Crippen molar-refractivity contribution in [3.05, 3.63) is 47.5 Å².